The van der Waals surface area contributed by atoms with E-state index in [1.54, 1.807) is 13.0 Å². The first-order valence-electron chi connectivity index (χ1n) is 9.52. The summed E-state index contributed by atoms with van der Waals surface area (Å²) >= 11 is 0. The Balaban J connectivity index is 1.58. The molecule has 7 nitrogen and oxygen atoms in total. The van der Waals surface area contributed by atoms with Crippen molar-refractivity contribution >= 4 is 11.7 Å². The highest BCUT2D eigenvalue weighted by Gasteiger charge is 2.28. The number of aromatic nitrogens is 2. The summed E-state index contributed by atoms with van der Waals surface area (Å²) in [5.74, 6) is -0.398. The molecule has 0 saturated heterocycles. The van der Waals surface area contributed by atoms with Crippen molar-refractivity contribution in [3.63, 3.8) is 0 Å². The van der Waals surface area contributed by atoms with Gasteiger partial charge < -0.3 is 10.1 Å². The molecule has 2 heterocycles. The molecular formula is C22H20FN3O4. The van der Waals surface area contributed by atoms with Crippen molar-refractivity contribution in [2.45, 2.75) is 33.3 Å². The topological polar surface area (TPSA) is 94.3 Å². The largest absolute Gasteiger partial charge is 0.487 e. The van der Waals surface area contributed by atoms with Gasteiger partial charge in [-0.25, -0.2) is 9.02 Å². The lowest BCUT2D eigenvalue weighted by Crippen LogP contribution is -2.34. The second-order valence-corrected chi connectivity index (χ2v) is 7.40. The van der Waals surface area contributed by atoms with Crippen molar-refractivity contribution in [3.8, 4) is 16.9 Å². The number of aryl methyl sites for hydroxylation is 2. The Kier molecular flexibility index (Phi) is 5.07. The van der Waals surface area contributed by atoms with Gasteiger partial charge in [0, 0.05) is 23.1 Å². The fourth-order valence-corrected chi connectivity index (χ4v) is 3.58. The number of amides is 1. The van der Waals surface area contributed by atoms with Crippen LogP contribution in [0, 0.1) is 19.7 Å². The third-order valence-corrected chi connectivity index (χ3v) is 5.06. The fourth-order valence-electron chi connectivity index (χ4n) is 3.58. The maximum Gasteiger partial charge on any atom is 0.275 e. The molecule has 1 aliphatic rings. The van der Waals surface area contributed by atoms with Crippen molar-refractivity contribution in [2.75, 3.05) is 6.54 Å². The molecule has 1 aromatic heterocycles. The fraction of sp³-hybridized carbons (Fsp3) is 0.273. The molecule has 0 unspecified atom stereocenters. The number of hydrogen-bond donors (Lipinski definition) is 1. The van der Waals surface area contributed by atoms with E-state index < -0.39 is 11.7 Å². The summed E-state index contributed by atoms with van der Waals surface area (Å²) in [5, 5.41) is 9.95. The molecule has 154 valence electrons. The van der Waals surface area contributed by atoms with E-state index in [1.165, 1.54) is 19.1 Å². The van der Waals surface area contributed by atoms with Crippen LogP contribution in [-0.4, -0.2) is 34.7 Å². The number of nitrogens with zero attached hydrogens (tertiary/aromatic N) is 2. The van der Waals surface area contributed by atoms with Crippen LogP contribution in [0.3, 0.4) is 0 Å². The molecule has 0 aliphatic carbocycles. The van der Waals surface area contributed by atoms with Gasteiger partial charge in [-0.1, -0.05) is 11.2 Å². The molecular weight excluding hydrogens is 389 g/mol. The average Bonchev–Trinajstić information content (AvgIpc) is 3.31. The number of halogens is 1. The number of ketones is 1. The van der Waals surface area contributed by atoms with Gasteiger partial charge in [-0.3, -0.25) is 9.59 Å². The number of ether oxygens (including phenoxy) is 1. The first kappa shape index (κ1) is 19.8. The zero-order valence-corrected chi connectivity index (χ0v) is 16.8. The zero-order valence-electron chi connectivity index (χ0n) is 16.8. The Morgan fingerprint density at radius 1 is 1.17 bits per heavy atom. The van der Waals surface area contributed by atoms with Crippen LogP contribution in [0.1, 0.15) is 44.6 Å². The Hall–Kier alpha value is -3.55. The summed E-state index contributed by atoms with van der Waals surface area (Å²) < 4.78 is 25.2. The molecule has 8 heteroatoms. The first-order chi connectivity index (χ1) is 14.3. The van der Waals surface area contributed by atoms with E-state index in [9.17, 15) is 14.0 Å². The lowest BCUT2D eigenvalue weighted by molar-refractivity contribution is 0.0923. The van der Waals surface area contributed by atoms with E-state index in [1.807, 2.05) is 19.1 Å². The number of benzene rings is 2. The third kappa shape index (κ3) is 3.68. The second-order valence-electron chi connectivity index (χ2n) is 7.40. The number of Topliss-reactive ketones (excluding diaryl/α,β-unsaturated/α-hetero) is 1. The quantitative estimate of drug-likeness (QED) is 0.649. The van der Waals surface area contributed by atoms with E-state index >= 15 is 0 Å². The maximum absolute atomic E-state index is 14.6. The van der Waals surface area contributed by atoms with E-state index in [0.29, 0.717) is 34.6 Å². The predicted octanol–water partition coefficient (Wildman–Crippen LogP) is 3.43. The Morgan fingerprint density at radius 2 is 1.97 bits per heavy atom. The minimum Gasteiger partial charge on any atom is -0.487 e. The SMILES string of the molecule is CC(=O)c1ccc(F)c(-c2cc(C)cc3c2O[C@@H](CNC(=O)c2nonc2C)C3)c1. The molecule has 0 saturated carbocycles. The lowest BCUT2D eigenvalue weighted by atomic mass is 9.95. The van der Waals surface area contributed by atoms with Crippen LogP contribution < -0.4 is 10.1 Å². The smallest absolute Gasteiger partial charge is 0.275 e. The van der Waals surface area contributed by atoms with Gasteiger partial charge in [0.05, 0.1) is 6.54 Å². The minimum atomic E-state index is -0.429. The van der Waals surface area contributed by atoms with Gasteiger partial charge in [0.1, 0.15) is 23.4 Å². The molecule has 4 rings (SSSR count). The summed E-state index contributed by atoms with van der Waals surface area (Å²) in [7, 11) is 0. The second kappa shape index (κ2) is 7.70. The molecule has 0 fully saturated rings. The molecule has 0 radical (unpaired) electrons. The van der Waals surface area contributed by atoms with Crippen LogP contribution in [-0.2, 0) is 6.42 Å². The summed E-state index contributed by atoms with van der Waals surface area (Å²) in [5.41, 5.74) is 3.75. The zero-order chi connectivity index (χ0) is 21.4. The van der Waals surface area contributed by atoms with Gasteiger partial charge in [0.2, 0.25) is 0 Å². The summed E-state index contributed by atoms with van der Waals surface area (Å²) in [6.45, 7) is 5.24. The molecule has 1 atom stereocenters. The normalized spacial score (nSPS) is 14.9. The van der Waals surface area contributed by atoms with E-state index in [-0.39, 0.29) is 24.1 Å². The number of hydrogen-bond acceptors (Lipinski definition) is 6. The molecule has 1 amide bonds. The van der Waals surface area contributed by atoms with Gasteiger partial charge in [-0.2, -0.15) is 0 Å². The van der Waals surface area contributed by atoms with Gasteiger partial charge in [-0.15, -0.1) is 0 Å². The molecule has 0 spiro atoms. The minimum absolute atomic E-state index is 0.130. The Morgan fingerprint density at radius 3 is 2.67 bits per heavy atom. The standard InChI is InChI=1S/C22H20FN3O4/c1-11-6-15-8-16(10-24-22(28)20-12(2)25-30-26-20)29-21(15)18(7-11)17-9-14(13(3)27)4-5-19(17)23/h4-7,9,16H,8,10H2,1-3H3,(H,24,28)/t16-/m1/s1. The first-order valence-corrected chi connectivity index (χ1v) is 9.52. The summed E-state index contributed by atoms with van der Waals surface area (Å²) in [4.78, 5) is 24.0. The highest BCUT2D eigenvalue weighted by Crippen LogP contribution is 2.41. The van der Waals surface area contributed by atoms with Gasteiger partial charge in [0.15, 0.2) is 11.5 Å². The molecule has 3 aromatic rings. The molecule has 2 aromatic carbocycles. The van der Waals surface area contributed by atoms with Crippen LogP contribution in [0.15, 0.2) is 35.0 Å². The van der Waals surface area contributed by atoms with Gasteiger partial charge in [0.25, 0.3) is 5.91 Å². The van der Waals surface area contributed by atoms with Gasteiger partial charge >= 0.3 is 0 Å². The van der Waals surface area contributed by atoms with Crippen LogP contribution in [0.2, 0.25) is 0 Å². The average molecular weight is 409 g/mol. The number of carbonyl (C=O) groups excluding carboxylic acids is 2. The van der Waals surface area contributed by atoms with E-state index in [4.69, 9.17) is 4.74 Å². The number of carbonyl (C=O) groups is 2. The van der Waals surface area contributed by atoms with Crippen molar-refractivity contribution < 1.29 is 23.3 Å². The van der Waals surface area contributed by atoms with Crippen molar-refractivity contribution in [1.82, 2.24) is 15.6 Å². The summed E-state index contributed by atoms with van der Waals surface area (Å²) in [6, 6.07) is 8.13. The van der Waals surface area contributed by atoms with Crippen molar-refractivity contribution in [3.05, 3.63) is 64.2 Å². The predicted molar refractivity (Wildman–Crippen MR) is 106 cm³/mol. The third-order valence-electron chi connectivity index (χ3n) is 5.06. The molecule has 0 bridgehead atoms. The van der Waals surface area contributed by atoms with E-state index in [0.717, 1.165) is 11.1 Å². The maximum atomic E-state index is 14.6. The van der Waals surface area contributed by atoms with Gasteiger partial charge in [-0.05, 0) is 61.3 Å². The van der Waals surface area contributed by atoms with Crippen LogP contribution >= 0.6 is 0 Å². The monoisotopic (exact) mass is 409 g/mol. The molecule has 30 heavy (non-hydrogen) atoms. The Bertz CT molecular complexity index is 1160. The van der Waals surface area contributed by atoms with Crippen LogP contribution in [0.5, 0.6) is 5.75 Å². The van der Waals surface area contributed by atoms with Crippen LogP contribution in [0.25, 0.3) is 11.1 Å². The number of fused-ring (bicyclic) bond motifs is 1. The highest BCUT2D eigenvalue weighted by molar-refractivity contribution is 5.95. The molecule has 1 aliphatic heterocycles. The van der Waals surface area contributed by atoms with Crippen molar-refractivity contribution in [1.29, 1.82) is 0 Å². The summed E-state index contributed by atoms with van der Waals surface area (Å²) in [6.07, 6.45) is 0.248. The molecule has 1 N–H and O–H groups in total. The Labute approximate surface area is 172 Å². The highest BCUT2D eigenvalue weighted by atomic mass is 19.1. The van der Waals surface area contributed by atoms with Crippen LogP contribution in [0.4, 0.5) is 4.39 Å². The number of rotatable bonds is 5. The van der Waals surface area contributed by atoms with E-state index in [2.05, 4.69) is 20.3 Å². The van der Waals surface area contributed by atoms with Crippen molar-refractivity contribution in [2.24, 2.45) is 0 Å². The number of nitrogens with one attached hydrogen (secondary N) is 1. The lowest BCUT2D eigenvalue weighted by Gasteiger charge is -2.14.